The van der Waals surface area contributed by atoms with Crippen molar-refractivity contribution in [1.82, 2.24) is 10.2 Å². The molecule has 2 saturated heterocycles. The van der Waals surface area contributed by atoms with E-state index in [0.717, 1.165) is 45.6 Å². The summed E-state index contributed by atoms with van der Waals surface area (Å²) in [4.78, 5) is 14.9. The van der Waals surface area contributed by atoms with Crippen LogP contribution in [0.5, 0.6) is 0 Å². The molecule has 2 aliphatic rings. The molecule has 3 rings (SSSR count). The first-order valence-electron chi connectivity index (χ1n) is 9.05. The quantitative estimate of drug-likeness (QED) is 0.791. The van der Waals surface area contributed by atoms with Crippen molar-refractivity contribution >= 4 is 30.7 Å². The van der Waals surface area contributed by atoms with Crippen LogP contribution in [0.4, 0.5) is 0 Å². The van der Waals surface area contributed by atoms with Gasteiger partial charge in [-0.1, -0.05) is 30.3 Å². The lowest BCUT2D eigenvalue weighted by Crippen LogP contribution is -2.50. The molecule has 0 spiro atoms. The summed E-state index contributed by atoms with van der Waals surface area (Å²) in [6.45, 7) is 5.49. The third-order valence-electron chi connectivity index (χ3n) is 5.36. The minimum absolute atomic E-state index is 0. The molecule has 1 aromatic carbocycles. The molecule has 2 aliphatic heterocycles. The number of nitrogens with two attached hydrogens (primary N) is 1. The fraction of sp³-hybridized carbons (Fsp3) is 0.632. The van der Waals surface area contributed by atoms with Crippen LogP contribution in [0.25, 0.3) is 0 Å². The highest BCUT2D eigenvalue weighted by Gasteiger charge is 2.33. The van der Waals surface area contributed by atoms with Gasteiger partial charge in [-0.05, 0) is 37.7 Å². The van der Waals surface area contributed by atoms with E-state index >= 15 is 0 Å². The van der Waals surface area contributed by atoms with E-state index in [1.54, 1.807) is 0 Å². The molecule has 3 N–H and O–H groups in total. The summed E-state index contributed by atoms with van der Waals surface area (Å²) in [5, 5.41) is 3.18. The van der Waals surface area contributed by atoms with Gasteiger partial charge in [0.25, 0.3) is 0 Å². The maximum atomic E-state index is 12.5. The van der Waals surface area contributed by atoms with Crippen LogP contribution in [-0.2, 0) is 16.1 Å². The minimum Gasteiger partial charge on any atom is -0.381 e. The number of nitrogens with zero attached hydrogens (tertiary/aromatic N) is 1. The zero-order valence-corrected chi connectivity index (χ0v) is 16.9. The van der Waals surface area contributed by atoms with Gasteiger partial charge in [0.2, 0.25) is 5.91 Å². The Kier molecular flexibility index (Phi) is 9.90. The Morgan fingerprint density at radius 1 is 1.27 bits per heavy atom. The lowest BCUT2D eigenvalue weighted by molar-refractivity contribution is -0.125. The number of amides is 1. The second kappa shape index (κ2) is 11.1. The van der Waals surface area contributed by atoms with Gasteiger partial charge in [0.05, 0.1) is 6.04 Å². The molecule has 0 aliphatic carbocycles. The Morgan fingerprint density at radius 3 is 2.58 bits per heavy atom. The highest BCUT2D eigenvalue weighted by Crippen LogP contribution is 2.22. The monoisotopic (exact) mass is 403 g/mol. The van der Waals surface area contributed by atoms with Crippen LogP contribution in [0.2, 0.25) is 0 Å². The van der Waals surface area contributed by atoms with Gasteiger partial charge in [-0.3, -0.25) is 9.69 Å². The van der Waals surface area contributed by atoms with Gasteiger partial charge < -0.3 is 15.8 Å². The molecule has 26 heavy (non-hydrogen) atoms. The van der Waals surface area contributed by atoms with E-state index in [9.17, 15) is 4.79 Å². The van der Waals surface area contributed by atoms with Crippen molar-refractivity contribution in [2.24, 2.45) is 11.7 Å². The second-order valence-corrected chi connectivity index (χ2v) is 7.18. The first-order valence-corrected chi connectivity index (χ1v) is 9.05. The van der Waals surface area contributed by atoms with Gasteiger partial charge in [0, 0.05) is 38.4 Å². The summed E-state index contributed by atoms with van der Waals surface area (Å²) < 4.78 is 5.35. The molecule has 3 atom stereocenters. The fourth-order valence-electron chi connectivity index (χ4n) is 3.83. The molecule has 7 heteroatoms. The van der Waals surface area contributed by atoms with E-state index in [4.69, 9.17) is 10.5 Å². The third kappa shape index (κ3) is 6.10. The number of nitrogens with one attached hydrogen (secondary N) is 1. The van der Waals surface area contributed by atoms with Crippen molar-refractivity contribution in [3.05, 3.63) is 35.9 Å². The van der Waals surface area contributed by atoms with Gasteiger partial charge in [-0.15, -0.1) is 24.8 Å². The Labute approximate surface area is 168 Å². The lowest BCUT2D eigenvalue weighted by atomic mass is 9.91. The number of hydrogen-bond acceptors (Lipinski definition) is 4. The summed E-state index contributed by atoms with van der Waals surface area (Å²) >= 11 is 0. The SMILES string of the molecule is CC1CC(NC(=O)C(N)C2CCOCC2)CN1Cc1ccccc1.Cl.Cl. The van der Waals surface area contributed by atoms with E-state index in [0.29, 0.717) is 6.04 Å². The van der Waals surface area contributed by atoms with Gasteiger partial charge in [0.1, 0.15) is 0 Å². The van der Waals surface area contributed by atoms with Gasteiger partial charge in [-0.25, -0.2) is 0 Å². The maximum Gasteiger partial charge on any atom is 0.237 e. The summed E-state index contributed by atoms with van der Waals surface area (Å²) in [6, 6.07) is 10.7. The van der Waals surface area contributed by atoms with Crippen LogP contribution in [0, 0.1) is 5.92 Å². The number of likely N-dealkylation sites (tertiary alicyclic amines) is 1. The predicted octanol–water partition coefficient (Wildman–Crippen LogP) is 2.36. The van der Waals surface area contributed by atoms with E-state index in [1.165, 1.54) is 5.56 Å². The fourth-order valence-corrected chi connectivity index (χ4v) is 3.83. The number of benzene rings is 1. The highest BCUT2D eigenvalue weighted by atomic mass is 35.5. The molecule has 1 aromatic rings. The minimum atomic E-state index is -0.410. The average molecular weight is 404 g/mol. The largest absolute Gasteiger partial charge is 0.381 e. The van der Waals surface area contributed by atoms with Crippen LogP contribution in [0.15, 0.2) is 30.3 Å². The highest BCUT2D eigenvalue weighted by molar-refractivity contribution is 5.85. The number of hydrogen-bond donors (Lipinski definition) is 2. The molecule has 0 saturated carbocycles. The predicted molar refractivity (Wildman–Crippen MR) is 109 cm³/mol. The van der Waals surface area contributed by atoms with Crippen molar-refractivity contribution in [3.8, 4) is 0 Å². The van der Waals surface area contributed by atoms with Gasteiger partial charge in [-0.2, -0.15) is 0 Å². The van der Waals surface area contributed by atoms with Gasteiger partial charge in [0.15, 0.2) is 0 Å². The summed E-state index contributed by atoms with van der Waals surface area (Å²) in [7, 11) is 0. The number of carbonyl (C=O) groups excluding carboxylic acids is 1. The van der Waals surface area contributed by atoms with Crippen molar-refractivity contribution in [1.29, 1.82) is 0 Å². The molecule has 2 fully saturated rings. The Hall–Kier alpha value is -0.850. The lowest BCUT2D eigenvalue weighted by Gasteiger charge is -2.27. The van der Waals surface area contributed by atoms with Crippen molar-refractivity contribution in [2.45, 2.75) is 50.9 Å². The average Bonchev–Trinajstić information content (AvgIpc) is 2.95. The number of rotatable bonds is 5. The molecule has 148 valence electrons. The topological polar surface area (TPSA) is 67.6 Å². The van der Waals surface area contributed by atoms with E-state index in [1.807, 2.05) is 6.07 Å². The molecule has 5 nitrogen and oxygen atoms in total. The van der Waals surface area contributed by atoms with E-state index in [-0.39, 0.29) is 42.7 Å². The standard InChI is InChI=1S/C19H29N3O2.2ClH/c1-14-11-17(13-22(14)12-15-5-3-2-4-6-15)21-19(23)18(20)16-7-9-24-10-8-16;;/h2-6,14,16-18H,7-13,20H2,1H3,(H,21,23);2*1H. The zero-order chi connectivity index (χ0) is 16.9. The first kappa shape index (κ1) is 23.2. The van der Waals surface area contributed by atoms with Gasteiger partial charge >= 0.3 is 0 Å². The number of carbonyl (C=O) groups is 1. The number of halogens is 2. The molecule has 0 aromatic heterocycles. The van der Waals surface area contributed by atoms with Crippen molar-refractivity contribution < 1.29 is 9.53 Å². The van der Waals surface area contributed by atoms with Crippen LogP contribution >= 0.6 is 24.8 Å². The molecular formula is C19H31Cl2N3O2. The van der Waals surface area contributed by atoms with Crippen molar-refractivity contribution in [2.75, 3.05) is 19.8 Å². The smallest absolute Gasteiger partial charge is 0.237 e. The van der Waals surface area contributed by atoms with Crippen molar-refractivity contribution in [3.63, 3.8) is 0 Å². The Balaban J connectivity index is 0.00000169. The summed E-state index contributed by atoms with van der Waals surface area (Å²) in [6.07, 6.45) is 2.75. The molecule has 2 heterocycles. The van der Waals surface area contributed by atoms with Crippen LogP contribution in [0.1, 0.15) is 31.7 Å². The van der Waals surface area contributed by atoms with E-state index < -0.39 is 6.04 Å². The third-order valence-corrected chi connectivity index (χ3v) is 5.36. The molecule has 0 radical (unpaired) electrons. The second-order valence-electron chi connectivity index (χ2n) is 7.18. The Morgan fingerprint density at radius 2 is 1.92 bits per heavy atom. The summed E-state index contributed by atoms with van der Waals surface area (Å²) in [5.74, 6) is 0.249. The molecule has 1 amide bonds. The zero-order valence-electron chi connectivity index (χ0n) is 15.3. The van der Waals surface area contributed by atoms with E-state index in [2.05, 4.69) is 41.4 Å². The van der Waals surface area contributed by atoms with Crippen LogP contribution in [-0.4, -0.2) is 48.7 Å². The van der Waals surface area contributed by atoms with Crippen LogP contribution < -0.4 is 11.1 Å². The summed E-state index contributed by atoms with van der Waals surface area (Å²) in [5.41, 5.74) is 7.50. The molecular weight excluding hydrogens is 373 g/mol. The molecule has 0 bridgehead atoms. The number of ether oxygens (including phenoxy) is 1. The first-order chi connectivity index (χ1) is 11.6. The van der Waals surface area contributed by atoms with Crippen LogP contribution in [0.3, 0.4) is 0 Å². The normalized spacial score (nSPS) is 25.0. The maximum absolute atomic E-state index is 12.5. The molecule has 3 unspecified atom stereocenters. The Bertz CT molecular complexity index is 541.